The highest BCUT2D eigenvalue weighted by Crippen LogP contribution is 2.22. The molecule has 97 heavy (non-hydrogen) atoms. The van der Waals surface area contributed by atoms with Crippen molar-refractivity contribution in [2.24, 2.45) is 46.4 Å². The fourth-order valence-corrected chi connectivity index (χ4v) is 11.1. The third kappa shape index (κ3) is 27.6. The molecule has 2 fully saturated rings. The number of hydrogen-bond acceptors (Lipinski definition) is 19. The summed E-state index contributed by atoms with van der Waals surface area (Å²) in [5.74, 6) is -13.3. The van der Waals surface area contributed by atoms with Gasteiger partial charge in [0.15, 0.2) is 0 Å². The van der Waals surface area contributed by atoms with Crippen LogP contribution in [0.25, 0.3) is 0 Å². The van der Waals surface area contributed by atoms with Crippen LogP contribution in [0.1, 0.15) is 144 Å². The van der Waals surface area contributed by atoms with E-state index in [1.54, 1.807) is 71.9 Å². The molecular formula is C64H107N17O16. The van der Waals surface area contributed by atoms with Crippen molar-refractivity contribution in [1.29, 1.82) is 0 Å². The van der Waals surface area contributed by atoms with Gasteiger partial charge in [-0.2, -0.15) is 0 Å². The Balaban J connectivity index is 1.80. The molecule has 1 aromatic rings. The average molecular weight is 1370 g/mol. The summed E-state index contributed by atoms with van der Waals surface area (Å²) in [5.41, 5.74) is 29.2. The molecule has 0 aliphatic carbocycles. The van der Waals surface area contributed by atoms with Gasteiger partial charge in [-0.3, -0.25) is 62.3 Å². The topological polar surface area (TPSA) is 536 Å². The van der Waals surface area contributed by atoms with E-state index in [9.17, 15) is 77.3 Å². The van der Waals surface area contributed by atoms with Crippen LogP contribution in [0.15, 0.2) is 30.3 Å². The van der Waals surface area contributed by atoms with Crippen molar-refractivity contribution in [3.8, 4) is 0 Å². The van der Waals surface area contributed by atoms with Crippen molar-refractivity contribution in [2.75, 3.05) is 45.8 Å². The molecule has 2 heterocycles. The number of aliphatic hydroxyl groups excluding tert-OH is 1. The number of benzene rings is 1. The molecule has 2 saturated heterocycles. The minimum atomic E-state index is -1.72. The van der Waals surface area contributed by atoms with Crippen LogP contribution >= 0.6 is 0 Å². The van der Waals surface area contributed by atoms with Gasteiger partial charge in [0.05, 0.1) is 31.7 Å². The molecule has 12 atom stereocenters. The van der Waals surface area contributed by atoms with Crippen LogP contribution in [-0.4, -0.2) is 221 Å². The molecule has 3 rings (SSSR count). The van der Waals surface area contributed by atoms with E-state index in [2.05, 4.69) is 53.2 Å². The van der Waals surface area contributed by atoms with E-state index in [0.717, 1.165) is 0 Å². The van der Waals surface area contributed by atoms with Gasteiger partial charge in [0.1, 0.15) is 60.4 Å². The summed E-state index contributed by atoms with van der Waals surface area (Å²) in [6.45, 7) is 10.9. The van der Waals surface area contributed by atoms with E-state index in [1.165, 1.54) is 16.7 Å². The molecule has 2 aliphatic heterocycles. The van der Waals surface area contributed by atoms with E-state index >= 15 is 0 Å². The van der Waals surface area contributed by atoms with Crippen molar-refractivity contribution < 1.29 is 77.3 Å². The normalized spacial score (nSPS) is 17.6. The van der Waals surface area contributed by atoms with Gasteiger partial charge in [0.2, 0.25) is 76.8 Å². The number of nitrogens with zero attached hydrogens (tertiary/aromatic N) is 2. The maximum absolute atomic E-state index is 14.5. The lowest BCUT2D eigenvalue weighted by molar-refractivity contribution is -0.148. The minimum absolute atomic E-state index is 0.0276. The Bertz CT molecular complexity index is 2830. The summed E-state index contributed by atoms with van der Waals surface area (Å²) < 4.78 is 0. The van der Waals surface area contributed by atoms with Gasteiger partial charge in [-0.15, -0.1) is 0 Å². The molecule has 0 spiro atoms. The molecule has 0 radical (unpaired) electrons. The molecule has 2 aliphatic rings. The summed E-state index contributed by atoms with van der Waals surface area (Å²) in [6.07, 6.45) is 1.41. The first-order valence-corrected chi connectivity index (χ1v) is 33.5. The first-order valence-electron chi connectivity index (χ1n) is 33.5. The molecule has 22 N–H and O–H groups in total. The largest absolute Gasteiger partial charge is 0.480 e. The second kappa shape index (κ2) is 42.3. The quantitative estimate of drug-likeness (QED) is 0.0273. The highest BCUT2D eigenvalue weighted by molar-refractivity contribution is 6.00. The maximum atomic E-state index is 14.5. The Morgan fingerprint density at radius 1 is 0.495 bits per heavy atom. The molecule has 0 saturated carbocycles. The number of carbonyl (C=O) groups excluding carboxylic acids is 13. The highest BCUT2D eigenvalue weighted by Gasteiger charge is 2.43. The van der Waals surface area contributed by atoms with Crippen molar-refractivity contribution in [3.63, 3.8) is 0 Å². The third-order valence-corrected chi connectivity index (χ3v) is 16.8. The van der Waals surface area contributed by atoms with Gasteiger partial charge in [-0.25, -0.2) is 4.79 Å². The Hall–Kier alpha value is -8.40. The number of aliphatic carboxylic acids is 1. The molecule has 0 unspecified atom stereocenters. The summed E-state index contributed by atoms with van der Waals surface area (Å²) in [7, 11) is 0. The average Bonchev–Trinajstić information content (AvgIpc) is 1.76. The zero-order valence-electron chi connectivity index (χ0n) is 57.0. The summed E-state index contributed by atoms with van der Waals surface area (Å²) >= 11 is 0. The van der Waals surface area contributed by atoms with Crippen molar-refractivity contribution in [3.05, 3.63) is 35.9 Å². The number of aliphatic hydroxyl groups is 1. The van der Waals surface area contributed by atoms with Crippen LogP contribution < -0.4 is 81.8 Å². The molecule has 0 bridgehead atoms. The van der Waals surface area contributed by atoms with Crippen LogP contribution in [0.3, 0.4) is 0 Å². The van der Waals surface area contributed by atoms with Gasteiger partial charge in [-0.1, -0.05) is 71.9 Å². The lowest BCUT2D eigenvalue weighted by atomic mass is 9.98. The smallest absolute Gasteiger partial charge is 0.326 e. The zero-order valence-corrected chi connectivity index (χ0v) is 57.0. The maximum Gasteiger partial charge on any atom is 0.326 e. The van der Waals surface area contributed by atoms with Crippen LogP contribution in [0, 0.1) is 17.8 Å². The third-order valence-electron chi connectivity index (χ3n) is 16.8. The van der Waals surface area contributed by atoms with Crippen molar-refractivity contribution in [1.82, 2.24) is 63.0 Å². The summed E-state index contributed by atoms with van der Waals surface area (Å²) in [4.78, 5) is 192. The number of carbonyl (C=O) groups is 14. The second-order valence-corrected chi connectivity index (χ2v) is 25.7. The highest BCUT2D eigenvalue weighted by atomic mass is 16.4. The number of carboxylic acid groups (broad SMARTS) is 1. The summed E-state index contributed by atoms with van der Waals surface area (Å²) in [5, 5.41) is 46.4. The standard InChI is InChI=1S/C64H107N17O16/c1-35(2)50(69)60(92)75-44(32-47(68)83)58(90)77-51(36(3)4)61(93)78-52(37(5)6)63(95)81-30-17-24-45(81)59(91)79-53(38(7)82)62(94)76-43(31-39-19-9-8-10-20-39)55(87)70-33-48(84)72-41(22-12-15-27-66)56(88)74-42(23-13-16-28-67)57(89)73-40(21-11-14-26-65)54(86)71-34-49(85)80-29-18-25-46(80)64(96)97/h8-10,19-20,35-38,40-46,50-53,82H,11-18,21-34,65-67,69H2,1-7H3,(H2,68,83)(H,70,87)(H,71,86)(H,72,84)(H,73,89)(H,74,88)(H,75,92)(H,76,94)(H,77,90)(H,78,93)(H,79,91)(H,96,97)/t38-,40+,41+,42+,43+,44+,45+,46+,50+,51+,52+,53+/m1/s1. The van der Waals surface area contributed by atoms with Crippen molar-refractivity contribution in [2.45, 2.75) is 217 Å². The second-order valence-electron chi connectivity index (χ2n) is 25.7. The van der Waals surface area contributed by atoms with Crippen LogP contribution in [-0.2, 0) is 73.5 Å². The molecule has 33 nitrogen and oxygen atoms in total. The summed E-state index contributed by atoms with van der Waals surface area (Å²) in [6, 6.07) is -5.87. The number of unbranched alkanes of at least 4 members (excludes halogenated alkanes) is 3. The van der Waals surface area contributed by atoms with Crippen LogP contribution in [0.4, 0.5) is 0 Å². The zero-order chi connectivity index (χ0) is 72.6. The Kier molecular flexibility index (Phi) is 36.1. The fraction of sp³-hybridized carbons (Fsp3) is 0.688. The van der Waals surface area contributed by atoms with Gasteiger partial charge < -0.3 is 102 Å². The Labute approximate surface area is 566 Å². The van der Waals surface area contributed by atoms with Gasteiger partial charge in [-0.05, 0) is 133 Å². The Morgan fingerprint density at radius 2 is 0.948 bits per heavy atom. The van der Waals surface area contributed by atoms with Crippen LogP contribution in [0.2, 0.25) is 0 Å². The van der Waals surface area contributed by atoms with Crippen molar-refractivity contribution >= 4 is 82.8 Å². The molecular weight excluding hydrogens is 1260 g/mol. The first-order chi connectivity index (χ1) is 45.9. The van der Waals surface area contributed by atoms with E-state index in [0.29, 0.717) is 56.9 Å². The number of amides is 13. The fourth-order valence-electron chi connectivity index (χ4n) is 11.1. The van der Waals surface area contributed by atoms with Crippen LogP contribution in [0.5, 0.6) is 0 Å². The first kappa shape index (κ1) is 82.8. The number of nitrogens with two attached hydrogens (primary N) is 5. The van der Waals surface area contributed by atoms with E-state index in [1.807, 2.05) is 0 Å². The molecule has 13 amide bonds. The van der Waals surface area contributed by atoms with Gasteiger partial charge in [0.25, 0.3) is 0 Å². The number of hydrogen-bond donors (Lipinski definition) is 17. The molecule has 0 aromatic heterocycles. The van der Waals surface area contributed by atoms with E-state index in [-0.39, 0.29) is 77.2 Å². The number of rotatable bonds is 43. The van der Waals surface area contributed by atoms with Gasteiger partial charge in [0, 0.05) is 19.5 Å². The van der Waals surface area contributed by atoms with E-state index in [4.69, 9.17) is 28.7 Å². The monoisotopic (exact) mass is 1370 g/mol. The van der Waals surface area contributed by atoms with Gasteiger partial charge >= 0.3 is 5.97 Å². The minimum Gasteiger partial charge on any atom is -0.480 e. The molecule has 33 heteroatoms. The number of primary amides is 1. The predicted molar refractivity (Wildman–Crippen MR) is 355 cm³/mol. The number of likely N-dealkylation sites (tertiary alicyclic amines) is 2. The van der Waals surface area contributed by atoms with E-state index < -0.39 is 187 Å². The Morgan fingerprint density at radius 3 is 1.45 bits per heavy atom. The lowest BCUT2D eigenvalue weighted by Crippen LogP contribution is -2.62. The lowest BCUT2D eigenvalue weighted by Gasteiger charge is -2.33. The molecule has 1 aromatic carbocycles. The predicted octanol–water partition coefficient (Wildman–Crippen LogP) is -4.65. The number of nitrogens with one attached hydrogen (secondary N) is 10. The molecule has 544 valence electrons. The SMILES string of the molecule is CC(C)[C@H](N)C(=O)N[C@@H](CC(N)=O)C(=O)N[C@H](C(=O)N[C@H](C(=O)N1CCC[C@H]1C(=O)N[C@H](C(=O)N[C@@H](Cc1ccccc1)C(=O)NCC(=O)N[C@@H](CCCCN)C(=O)N[C@@H](CCCCN)C(=O)N[C@@H](CCCCN)C(=O)NCC(=O)N1CCC[C@H]1C(=O)O)[C@@H](C)O)C(C)C)C(C)C. The number of carboxylic acids is 1.